The number of hydrogen-bond acceptors (Lipinski definition) is 5. The van der Waals surface area contributed by atoms with E-state index in [0.29, 0.717) is 11.7 Å². The van der Waals surface area contributed by atoms with E-state index in [-0.39, 0.29) is 35.1 Å². The van der Waals surface area contributed by atoms with E-state index in [9.17, 15) is 13.2 Å². The van der Waals surface area contributed by atoms with E-state index in [4.69, 9.17) is 4.74 Å². The van der Waals surface area contributed by atoms with E-state index >= 15 is 0 Å². The normalized spacial score (nSPS) is 23.9. The van der Waals surface area contributed by atoms with E-state index in [2.05, 4.69) is 4.99 Å². The zero-order valence-corrected chi connectivity index (χ0v) is 17.7. The number of fused-ring (bicyclic) bond motifs is 1. The van der Waals surface area contributed by atoms with Gasteiger partial charge in [-0.05, 0) is 23.3 Å². The number of ether oxygens (including phenoxy) is 1. The number of sulfone groups is 1. The van der Waals surface area contributed by atoms with Crippen LogP contribution in [-0.4, -0.2) is 54.3 Å². The Morgan fingerprint density at radius 1 is 1.10 bits per heavy atom. The highest BCUT2D eigenvalue weighted by Gasteiger charge is 2.48. The predicted octanol–water partition coefficient (Wildman–Crippen LogP) is 2.53. The summed E-state index contributed by atoms with van der Waals surface area (Å²) in [6, 6.07) is 17.0. The number of amidine groups is 1. The molecule has 0 radical (unpaired) electrons. The third kappa shape index (κ3) is 4.64. The van der Waals surface area contributed by atoms with Crippen molar-refractivity contribution in [2.75, 3.05) is 18.6 Å². The van der Waals surface area contributed by atoms with Crippen molar-refractivity contribution >= 4 is 32.7 Å². The minimum Gasteiger partial charge on any atom is -0.497 e. The number of benzene rings is 2. The standard InChI is InChI=1S/C21H22N2O4S2/c1-27-17-9-7-15(8-10-17)11-20(24)22-21-23(12-16-5-3-2-4-6-16)18-13-29(25,26)14-19(18)28-21/h2-10,18-19H,11-14H2,1H3/t18-,19-/m0/s1. The van der Waals surface area contributed by atoms with Gasteiger partial charge in [-0.2, -0.15) is 4.99 Å². The number of thioether (sulfide) groups is 1. The summed E-state index contributed by atoms with van der Waals surface area (Å²) in [5.41, 5.74) is 1.92. The van der Waals surface area contributed by atoms with Crippen molar-refractivity contribution in [2.24, 2.45) is 4.99 Å². The highest BCUT2D eigenvalue weighted by molar-refractivity contribution is 8.15. The number of aliphatic imine (C=N–C) groups is 1. The van der Waals surface area contributed by atoms with E-state index in [1.165, 1.54) is 11.8 Å². The average Bonchev–Trinajstić information content (AvgIpc) is 3.15. The molecule has 0 aliphatic carbocycles. The van der Waals surface area contributed by atoms with E-state index in [0.717, 1.165) is 16.9 Å². The van der Waals surface area contributed by atoms with E-state index in [1.807, 2.05) is 59.5 Å². The van der Waals surface area contributed by atoms with Gasteiger partial charge in [0.25, 0.3) is 5.91 Å². The maximum absolute atomic E-state index is 12.6. The molecule has 29 heavy (non-hydrogen) atoms. The molecule has 6 nitrogen and oxygen atoms in total. The molecule has 4 rings (SSSR count). The largest absolute Gasteiger partial charge is 0.497 e. The first-order valence-corrected chi connectivity index (χ1v) is 12.1. The van der Waals surface area contributed by atoms with Gasteiger partial charge in [0, 0.05) is 11.8 Å². The summed E-state index contributed by atoms with van der Waals surface area (Å²) < 4.78 is 29.4. The van der Waals surface area contributed by atoms with Gasteiger partial charge in [0.15, 0.2) is 15.0 Å². The molecule has 1 amide bonds. The maximum atomic E-state index is 12.6. The Morgan fingerprint density at radius 2 is 1.83 bits per heavy atom. The topological polar surface area (TPSA) is 76.0 Å². The third-order valence-corrected chi connectivity index (χ3v) is 8.35. The fraction of sp³-hybridized carbons (Fsp3) is 0.333. The first-order chi connectivity index (χ1) is 13.9. The van der Waals surface area contributed by atoms with Crippen LogP contribution in [0.25, 0.3) is 0 Å². The molecule has 0 N–H and O–H groups in total. The van der Waals surface area contributed by atoms with Crippen LogP contribution in [0.5, 0.6) is 5.75 Å². The van der Waals surface area contributed by atoms with Crippen molar-refractivity contribution in [2.45, 2.75) is 24.3 Å². The van der Waals surface area contributed by atoms with Gasteiger partial charge >= 0.3 is 0 Å². The van der Waals surface area contributed by atoms with Crippen molar-refractivity contribution in [1.82, 2.24) is 4.90 Å². The molecule has 2 aliphatic heterocycles. The van der Waals surface area contributed by atoms with Gasteiger partial charge in [-0.1, -0.05) is 54.2 Å². The number of carbonyl (C=O) groups is 1. The van der Waals surface area contributed by atoms with Crippen molar-refractivity contribution < 1.29 is 17.9 Å². The molecule has 2 saturated heterocycles. The lowest BCUT2D eigenvalue weighted by Crippen LogP contribution is -2.37. The molecular formula is C21H22N2O4S2. The summed E-state index contributed by atoms with van der Waals surface area (Å²) in [5.74, 6) is 0.753. The highest BCUT2D eigenvalue weighted by Crippen LogP contribution is 2.39. The number of amides is 1. The fourth-order valence-corrected chi connectivity index (χ4v) is 7.63. The van der Waals surface area contributed by atoms with Crippen molar-refractivity contribution in [1.29, 1.82) is 0 Å². The smallest absolute Gasteiger partial charge is 0.252 e. The van der Waals surface area contributed by atoms with E-state index in [1.54, 1.807) is 7.11 Å². The van der Waals surface area contributed by atoms with Crippen LogP contribution in [0.15, 0.2) is 59.6 Å². The summed E-state index contributed by atoms with van der Waals surface area (Å²) in [6.45, 7) is 0.541. The molecule has 0 unspecified atom stereocenters. The van der Waals surface area contributed by atoms with Crippen molar-refractivity contribution in [3.63, 3.8) is 0 Å². The Labute approximate surface area is 174 Å². The zero-order valence-electron chi connectivity index (χ0n) is 16.0. The Morgan fingerprint density at radius 3 is 2.52 bits per heavy atom. The van der Waals surface area contributed by atoms with Gasteiger partial charge in [0.1, 0.15) is 5.75 Å². The van der Waals surface area contributed by atoms with Gasteiger partial charge < -0.3 is 9.64 Å². The molecule has 8 heteroatoms. The Balaban J connectivity index is 1.54. The molecule has 2 aromatic rings. The van der Waals surface area contributed by atoms with Crippen LogP contribution in [0.3, 0.4) is 0 Å². The Bertz CT molecular complexity index is 1020. The first-order valence-electron chi connectivity index (χ1n) is 9.35. The minimum atomic E-state index is -3.05. The lowest BCUT2D eigenvalue weighted by atomic mass is 10.1. The summed E-state index contributed by atoms with van der Waals surface area (Å²) >= 11 is 1.41. The van der Waals surface area contributed by atoms with Gasteiger partial charge in [0.2, 0.25) is 0 Å². The Hall–Kier alpha value is -2.32. The molecule has 2 fully saturated rings. The van der Waals surface area contributed by atoms with Crippen LogP contribution < -0.4 is 4.74 Å². The van der Waals surface area contributed by atoms with Crippen LogP contribution in [0.4, 0.5) is 0 Å². The number of carbonyl (C=O) groups excluding carboxylic acids is 1. The van der Waals surface area contributed by atoms with Crippen molar-refractivity contribution in [3.05, 3.63) is 65.7 Å². The molecule has 2 aliphatic rings. The van der Waals surface area contributed by atoms with E-state index < -0.39 is 9.84 Å². The minimum absolute atomic E-state index is 0.0729. The molecule has 2 heterocycles. The average molecular weight is 431 g/mol. The molecule has 2 atom stereocenters. The summed E-state index contributed by atoms with van der Waals surface area (Å²) in [4.78, 5) is 18.9. The predicted molar refractivity (Wildman–Crippen MR) is 115 cm³/mol. The molecule has 2 aromatic carbocycles. The number of methoxy groups -OCH3 is 1. The van der Waals surface area contributed by atoms with Crippen LogP contribution in [0, 0.1) is 0 Å². The third-order valence-electron chi connectivity index (χ3n) is 5.11. The quantitative estimate of drug-likeness (QED) is 0.726. The Kier molecular flexibility index (Phi) is 5.65. The molecule has 152 valence electrons. The first kappa shape index (κ1) is 20.0. The second-order valence-electron chi connectivity index (χ2n) is 7.23. The molecule has 0 saturated carbocycles. The summed E-state index contributed by atoms with van der Waals surface area (Å²) in [6.07, 6.45) is 0.195. The summed E-state index contributed by atoms with van der Waals surface area (Å²) in [7, 11) is -1.45. The molecule has 0 spiro atoms. The SMILES string of the molecule is COc1ccc(CC(=O)N=C2S[C@H]3CS(=O)(=O)C[C@@H]3N2Cc2ccccc2)cc1. The molecular weight excluding hydrogens is 408 g/mol. The number of rotatable bonds is 5. The van der Waals surface area contributed by atoms with Gasteiger partial charge in [0.05, 0.1) is 31.1 Å². The van der Waals surface area contributed by atoms with Gasteiger partial charge in [-0.25, -0.2) is 8.42 Å². The van der Waals surface area contributed by atoms with Crippen molar-refractivity contribution in [3.8, 4) is 5.75 Å². The second kappa shape index (κ2) is 8.20. The van der Waals surface area contributed by atoms with Crippen LogP contribution in [0.1, 0.15) is 11.1 Å². The zero-order chi connectivity index (χ0) is 20.4. The van der Waals surface area contributed by atoms with Crippen LogP contribution >= 0.6 is 11.8 Å². The van der Waals surface area contributed by atoms with Crippen LogP contribution in [-0.2, 0) is 27.6 Å². The monoisotopic (exact) mass is 430 g/mol. The summed E-state index contributed by atoms with van der Waals surface area (Å²) in [5, 5.41) is 0.550. The number of nitrogens with zero attached hydrogens (tertiary/aromatic N) is 2. The maximum Gasteiger partial charge on any atom is 0.252 e. The lowest BCUT2D eigenvalue weighted by molar-refractivity contribution is -0.117. The fourth-order valence-electron chi connectivity index (χ4n) is 3.66. The second-order valence-corrected chi connectivity index (χ2v) is 10.6. The lowest BCUT2D eigenvalue weighted by Gasteiger charge is -2.24. The molecule has 0 bridgehead atoms. The van der Waals surface area contributed by atoms with Gasteiger partial charge in [-0.3, -0.25) is 4.79 Å². The highest BCUT2D eigenvalue weighted by atomic mass is 32.2. The van der Waals surface area contributed by atoms with Crippen LogP contribution in [0.2, 0.25) is 0 Å². The molecule has 0 aromatic heterocycles. The number of hydrogen-bond donors (Lipinski definition) is 0. The van der Waals surface area contributed by atoms with Gasteiger partial charge in [-0.15, -0.1) is 0 Å².